The van der Waals surface area contributed by atoms with Crippen LogP contribution in [0.3, 0.4) is 0 Å². The molecule has 1 heterocycles. The van der Waals surface area contributed by atoms with Gasteiger partial charge in [0.2, 0.25) is 0 Å². The molecule has 6 nitrogen and oxygen atoms in total. The average Bonchev–Trinajstić information content (AvgIpc) is 2.41. The third-order valence-electron chi connectivity index (χ3n) is 2.52. The number of benzene rings is 1. The maximum atomic E-state index is 10.9. The van der Waals surface area contributed by atoms with Gasteiger partial charge in [-0.25, -0.2) is 4.98 Å². The average molecular weight is 384 g/mol. The Labute approximate surface area is 129 Å². The van der Waals surface area contributed by atoms with Crippen molar-refractivity contribution in [2.45, 2.75) is 6.92 Å². The molecule has 1 aromatic carbocycles. The molecule has 0 amide bonds. The molecule has 0 aliphatic carbocycles. The van der Waals surface area contributed by atoms with Gasteiger partial charge in [0.25, 0.3) is 5.69 Å². The highest BCUT2D eigenvalue weighted by atomic mass is 127. The van der Waals surface area contributed by atoms with Crippen LogP contribution < -0.4 is 10.6 Å². The van der Waals surface area contributed by atoms with Crippen molar-refractivity contribution in [3.63, 3.8) is 0 Å². The first kappa shape index (κ1) is 14.5. The summed E-state index contributed by atoms with van der Waals surface area (Å²) in [5.74, 6) is 0.925. The standard InChI is InChI=1S/C13H13IN4O2/c1-2-15-12-7-9(18(19)20)8-13(17-12)16-11-6-4-3-5-10(11)14/h3-8H,2H2,1H3,(H2,15,16,17). The molecule has 0 radical (unpaired) electrons. The van der Waals surface area contributed by atoms with Gasteiger partial charge in [-0.1, -0.05) is 12.1 Å². The summed E-state index contributed by atoms with van der Waals surface area (Å²) in [6, 6.07) is 10.5. The van der Waals surface area contributed by atoms with E-state index >= 15 is 0 Å². The topological polar surface area (TPSA) is 80.1 Å². The first-order valence-corrected chi connectivity index (χ1v) is 7.10. The molecular formula is C13H13IN4O2. The summed E-state index contributed by atoms with van der Waals surface area (Å²) in [7, 11) is 0. The van der Waals surface area contributed by atoms with E-state index in [2.05, 4.69) is 38.2 Å². The molecule has 0 bridgehead atoms. The van der Waals surface area contributed by atoms with Crippen LogP contribution in [0.5, 0.6) is 0 Å². The Morgan fingerprint density at radius 1 is 1.30 bits per heavy atom. The van der Waals surface area contributed by atoms with Gasteiger partial charge in [0.1, 0.15) is 11.6 Å². The number of para-hydroxylation sites is 1. The summed E-state index contributed by atoms with van der Waals surface area (Å²) in [5, 5.41) is 17.0. The molecule has 104 valence electrons. The summed E-state index contributed by atoms with van der Waals surface area (Å²) in [4.78, 5) is 14.8. The van der Waals surface area contributed by atoms with Crippen molar-refractivity contribution in [2.75, 3.05) is 17.2 Å². The van der Waals surface area contributed by atoms with Crippen LogP contribution >= 0.6 is 22.6 Å². The molecular weight excluding hydrogens is 371 g/mol. The zero-order chi connectivity index (χ0) is 14.5. The van der Waals surface area contributed by atoms with Crippen LogP contribution in [0.15, 0.2) is 36.4 Å². The Kier molecular flexibility index (Phi) is 4.72. The highest BCUT2D eigenvalue weighted by Gasteiger charge is 2.11. The van der Waals surface area contributed by atoms with Crippen molar-refractivity contribution in [3.8, 4) is 0 Å². The first-order chi connectivity index (χ1) is 9.60. The van der Waals surface area contributed by atoms with Crippen molar-refractivity contribution in [1.82, 2.24) is 4.98 Å². The predicted octanol–water partition coefficient (Wildman–Crippen LogP) is 3.77. The number of aromatic nitrogens is 1. The molecule has 0 fully saturated rings. The lowest BCUT2D eigenvalue weighted by Gasteiger charge is -2.09. The Morgan fingerprint density at radius 3 is 2.65 bits per heavy atom. The molecule has 2 N–H and O–H groups in total. The molecule has 7 heteroatoms. The van der Waals surface area contributed by atoms with Gasteiger partial charge in [0.15, 0.2) is 0 Å². The van der Waals surface area contributed by atoms with Gasteiger partial charge in [-0.05, 0) is 41.6 Å². The van der Waals surface area contributed by atoms with Gasteiger partial charge in [0, 0.05) is 10.1 Å². The summed E-state index contributed by atoms with van der Waals surface area (Å²) in [5.41, 5.74) is 0.868. The zero-order valence-electron chi connectivity index (χ0n) is 10.8. The maximum Gasteiger partial charge on any atom is 0.276 e. The fourth-order valence-corrected chi connectivity index (χ4v) is 2.18. The number of pyridine rings is 1. The van der Waals surface area contributed by atoms with Crippen LogP contribution in [0.2, 0.25) is 0 Å². The van der Waals surface area contributed by atoms with Gasteiger partial charge in [-0.2, -0.15) is 0 Å². The molecule has 0 atom stereocenters. The Morgan fingerprint density at radius 2 is 2.00 bits per heavy atom. The summed E-state index contributed by atoms with van der Waals surface area (Å²) < 4.78 is 1.02. The Bertz CT molecular complexity index is 634. The second kappa shape index (κ2) is 6.51. The SMILES string of the molecule is CCNc1cc([N+](=O)[O-])cc(Nc2ccccc2I)n1. The van der Waals surface area contributed by atoms with E-state index in [1.807, 2.05) is 31.2 Å². The van der Waals surface area contributed by atoms with Gasteiger partial charge < -0.3 is 10.6 Å². The molecule has 0 unspecified atom stereocenters. The number of anilines is 3. The van der Waals surface area contributed by atoms with E-state index < -0.39 is 4.92 Å². The highest BCUT2D eigenvalue weighted by Crippen LogP contribution is 2.25. The molecule has 0 aliphatic heterocycles. The highest BCUT2D eigenvalue weighted by molar-refractivity contribution is 14.1. The van der Waals surface area contributed by atoms with Crippen molar-refractivity contribution >= 4 is 45.6 Å². The number of hydrogen-bond acceptors (Lipinski definition) is 5. The van der Waals surface area contributed by atoms with E-state index in [-0.39, 0.29) is 5.69 Å². The normalized spacial score (nSPS) is 10.1. The van der Waals surface area contributed by atoms with Gasteiger partial charge >= 0.3 is 0 Å². The van der Waals surface area contributed by atoms with E-state index in [0.29, 0.717) is 18.2 Å². The van der Waals surface area contributed by atoms with Gasteiger partial charge in [0.05, 0.1) is 22.7 Å². The molecule has 2 rings (SSSR count). The molecule has 2 aromatic rings. The van der Waals surface area contributed by atoms with E-state index in [9.17, 15) is 10.1 Å². The van der Waals surface area contributed by atoms with Crippen LogP contribution in [0.4, 0.5) is 23.0 Å². The fraction of sp³-hybridized carbons (Fsp3) is 0.154. The number of hydrogen-bond donors (Lipinski definition) is 2. The minimum Gasteiger partial charge on any atom is -0.370 e. The van der Waals surface area contributed by atoms with E-state index in [1.54, 1.807) is 0 Å². The number of nitrogens with zero attached hydrogens (tertiary/aromatic N) is 2. The quantitative estimate of drug-likeness (QED) is 0.466. The van der Waals surface area contributed by atoms with Crippen molar-refractivity contribution in [2.24, 2.45) is 0 Å². The van der Waals surface area contributed by atoms with Crippen LogP contribution in [0, 0.1) is 13.7 Å². The Hall–Kier alpha value is -1.90. The lowest BCUT2D eigenvalue weighted by atomic mass is 10.3. The fourth-order valence-electron chi connectivity index (χ4n) is 1.66. The molecule has 0 spiro atoms. The van der Waals surface area contributed by atoms with E-state index in [1.165, 1.54) is 12.1 Å². The summed E-state index contributed by atoms with van der Waals surface area (Å²) in [6.07, 6.45) is 0. The third-order valence-corrected chi connectivity index (χ3v) is 3.46. The second-order valence-corrected chi connectivity index (χ2v) is 5.15. The lowest BCUT2D eigenvalue weighted by Crippen LogP contribution is -2.03. The Balaban J connectivity index is 2.35. The number of halogens is 1. The minimum atomic E-state index is -0.427. The minimum absolute atomic E-state index is 0.00406. The lowest BCUT2D eigenvalue weighted by molar-refractivity contribution is -0.384. The second-order valence-electron chi connectivity index (χ2n) is 3.99. The zero-order valence-corrected chi connectivity index (χ0v) is 12.9. The predicted molar refractivity (Wildman–Crippen MR) is 87.5 cm³/mol. The molecule has 20 heavy (non-hydrogen) atoms. The van der Waals surface area contributed by atoms with E-state index in [0.717, 1.165) is 9.26 Å². The van der Waals surface area contributed by atoms with Crippen LogP contribution in [0.1, 0.15) is 6.92 Å². The smallest absolute Gasteiger partial charge is 0.276 e. The van der Waals surface area contributed by atoms with Crippen LogP contribution in [-0.2, 0) is 0 Å². The van der Waals surface area contributed by atoms with Crippen LogP contribution in [-0.4, -0.2) is 16.5 Å². The third kappa shape index (κ3) is 3.56. The molecule has 0 saturated heterocycles. The molecule has 0 saturated carbocycles. The number of rotatable bonds is 5. The largest absolute Gasteiger partial charge is 0.370 e. The summed E-state index contributed by atoms with van der Waals surface area (Å²) >= 11 is 2.19. The van der Waals surface area contributed by atoms with Crippen molar-refractivity contribution in [1.29, 1.82) is 0 Å². The molecule has 0 aliphatic rings. The van der Waals surface area contributed by atoms with Crippen LogP contribution in [0.25, 0.3) is 0 Å². The van der Waals surface area contributed by atoms with E-state index in [4.69, 9.17) is 0 Å². The first-order valence-electron chi connectivity index (χ1n) is 6.02. The van der Waals surface area contributed by atoms with Gasteiger partial charge in [-0.15, -0.1) is 0 Å². The molecule has 1 aromatic heterocycles. The number of nitro groups is 1. The maximum absolute atomic E-state index is 10.9. The van der Waals surface area contributed by atoms with Crippen molar-refractivity contribution in [3.05, 3.63) is 50.1 Å². The monoisotopic (exact) mass is 384 g/mol. The number of nitrogens with one attached hydrogen (secondary N) is 2. The van der Waals surface area contributed by atoms with Gasteiger partial charge in [-0.3, -0.25) is 10.1 Å². The summed E-state index contributed by atoms with van der Waals surface area (Å²) in [6.45, 7) is 2.56. The van der Waals surface area contributed by atoms with Crippen molar-refractivity contribution < 1.29 is 4.92 Å².